The van der Waals surface area contributed by atoms with Gasteiger partial charge in [0, 0.05) is 6.54 Å². The van der Waals surface area contributed by atoms with Gasteiger partial charge >= 0.3 is 0 Å². The number of H-pyrrole nitrogens is 1. The molecular formula is C15H14N4OS. The Labute approximate surface area is 125 Å². The van der Waals surface area contributed by atoms with E-state index in [-0.39, 0.29) is 5.56 Å². The zero-order valence-corrected chi connectivity index (χ0v) is 12.3. The number of nitrogens with one attached hydrogen (secondary N) is 2. The second-order valence-corrected chi connectivity index (χ2v) is 5.62. The Bertz CT molecular complexity index is 778. The zero-order chi connectivity index (χ0) is 14.7. The largest absolute Gasteiger partial charge is 0.350 e. The van der Waals surface area contributed by atoms with E-state index in [1.54, 1.807) is 0 Å². The monoisotopic (exact) mass is 298 g/mol. The van der Waals surface area contributed by atoms with Crippen molar-refractivity contribution in [3.8, 4) is 10.6 Å². The van der Waals surface area contributed by atoms with Crippen molar-refractivity contribution in [3.05, 3.63) is 63.3 Å². The Morgan fingerprint density at radius 1 is 1.19 bits per heavy atom. The van der Waals surface area contributed by atoms with Crippen LogP contribution in [0.1, 0.15) is 11.1 Å². The highest BCUT2D eigenvalue weighted by Crippen LogP contribution is 2.18. The number of rotatable bonds is 4. The minimum Gasteiger partial charge on any atom is -0.350 e. The van der Waals surface area contributed by atoms with E-state index in [1.807, 2.05) is 48.7 Å². The van der Waals surface area contributed by atoms with Gasteiger partial charge in [0.1, 0.15) is 0 Å². The molecule has 5 nitrogen and oxygen atoms in total. The van der Waals surface area contributed by atoms with Crippen LogP contribution in [0.2, 0.25) is 0 Å². The summed E-state index contributed by atoms with van der Waals surface area (Å²) in [6.45, 7) is 2.63. The van der Waals surface area contributed by atoms with Crippen LogP contribution < -0.4 is 10.9 Å². The molecule has 2 aromatic heterocycles. The van der Waals surface area contributed by atoms with Gasteiger partial charge in [0.25, 0.3) is 5.56 Å². The standard InChI is InChI=1S/C15H14N4OS/c1-10-4-6-11(7-5-10)9-16-15-17-14(20)13(18-19-15)12-3-2-8-21-12/h2-8H,9H2,1H3,(H2,16,17,19,20). The Balaban J connectivity index is 1.74. The molecule has 0 spiro atoms. The summed E-state index contributed by atoms with van der Waals surface area (Å²) in [4.78, 5) is 15.5. The third kappa shape index (κ3) is 3.17. The predicted molar refractivity (Wildman–Crippen MR) is 84.5 cm³/mol. The molecule has 0 atom stereocenters. The van der Waals surface area contributed by atoms with Crippen LogP contribution in [0.5, 0.6) is 0 Å². The summed E-state index contributed by atoms with van der Waals surface area (Å²) >= 11 is 1.46. The van der Waals surface area contributed by atoms with Gasteiger partial charge in [-0.1, -0.05) is 35.9 Å². The summed E-state index contributed by atoms with van der Waals surface area (Å²) in [5.74, 6) is 0.376. The van der Waals surface area contributed by atoms with Crippen LogP contribution in [0.3, 0.4) is 0 Å². The van der Waals surface area contributed by atoms with Crippen LogP contribution in [0, 0.1) is 6.92 Å². The van der Waals surface area contributed by atoms with Crippen molar-refractivity contribution in [2.75, 3.05) is 5.32 Å². The van der Waals surface area contributed by atoms with E-state index in [9.17, 15) is 4.79 Å². The maximum absolute atomic E-state index is 12.0. The van der Waals surface area contributed by atoms with Gasteiger partial charge in [-0.25, -0.2) is 0 Å². The number of aromatic amines is 1. The molecule has 0 aliphatic carbocycles. The van der Waals surface area contributed by atoms with E-state index in [0.29, 0.717) is 18.2 Å². The first-order chi connectivity index (χ1) is 10.2. The van der Waals surface area contributed by atoms with Gasteiger partial charge in [-0.2, -0.15) is 0 Å². The van der Waals surface area contributed by atoms with Gasteiger partial charge in [-0.15, -0.1) is 21.5 Å². The SMILES string of the molecule is Cc1ccc(CNc2nnc(-c3cccs3)c(=O)[nH]2)cc1. The van der Waals surface area contributed by atoms with Crippen molar-refractivity contribution < 1.29 is 0 Å². The van der Waals surface area contributed by atoms with E-state index in [0.717, 1.165) is 10.4 Å². The lowest BCUT2D eigenvalue weighted by Gasteiger charge is -2.05. The van der Waals surface area contributed by atoms with Crippen LogP contribution in [-0.4, -0.2) is 15.2 Å². The fraction of sp³-hybridized carbons (Fsp3) is 0.133. The molecule has 0 aliphatic heterocycles. The molecule has 0 unspecified atom stereocenters. The molecule has 1 aromatic carbocycles. The lowest BCUT2D eigenvalue weighted by molar-refractivity contribution is 0.933. The minimum atomic E-state index is -0.237. The number of hydrogen-bond acceptors (Lipinski definition) is 5. The van der Waals surface area contributed by atoms with Gasteiger partial charge in [-0.05, 0) is 23.9 Å². The quantitative estimate of drug-likeness (QED) is 0.777. The van der Waals surface area contributed by atoms with E-state index >= 15 is 0 Å². The van der Waals surface area contributed by atoms with Gasteiger partial charge < -0.3 is 5.32 Å². The van der Waals surface area contributed by atoms with Crippen molar-refractivity contribution in [1.82, 2.24) is 15.2 Å². The average molecular weight is 298 g/mol. The van der Waals surface area contributed by atoms with Crippen LogP contribution in [-0.2, 0) is 6.54 Å². The van der Waals surface area contributed by atoms with Gasteiger partial charge in [0.2, 0.25) is 5.95 Å². The Morgan fingerprint density at radius 2 is 2.00 bits per heavy atom. The van der Waals surface area contributed by atoms with Crippen molar-refractivity contribution in [2.45, 2.75) is 13.5 Å². The molecule has 21 heavy (non-hydrogen) atoms. The number of nitrogens with zero attached hydrogens (tertiary/aromatic N) is 2. The third-order valence-corrected chi connectivity index (χ3v) is 3.91. The van der Waals surface area contributed by atoms with Gasteiger partial charge in [0.15, 0.2) is 5.69 Å². The van der Waals surface area contributed by atoms with E-state index in [1.165, 1.54) is 16.9 Å². The summed E-state index contributed by atoms with van der Waals surface area (Å²) < 4.78 is 0. The topological polar surface area (TPSA) is 70.7 Å². The number of thiophene rings is 1. The van der Waals surface area contributed by atoms with E-state index < -0.39 is 0 Å². The summed E-state index contributed by atoms with van der Waals surface area (Å²) in [5, 5.41) is 13.0. The molecule has 0 fully saturated rings. The predicted octanol–water partition coefficient (Wildman–Crippen LogP) is 2.81. The second-order valence-electron chi connectivity index (χ2n) is 4.67. The van der Waals surface area contributed by atoms with Crippen molar-refractivity contribution in [1.29, 1.82) is 0 Å². The molecule has 0 radical (unpaired) electrons. The minimum absolute atomic E-state index is 0.237. The number of benzene rings is 1. The van der Waals surface area contributed by atoms with Gasteiger partial charge in [0.05, 0.1) is 4.88 Å². The maximum Gasteiger partial charge on any atom is 0.279 e. The molecule has 0 bridgehead atoms. The number of aryl methyl sites for hydroxylation is 1. The van der Waals surface area contributed by atoms with Gasteiger partial charge in [-0.3, -0.25) is 9.78 Å². The molecule has 2 N–H and O–H groups in total. The lowest BCUT2D eigenvalue weighted by atomic mass is 10.1. The molecule has 106 valence electrons. The highest BCUT2D eigenvalue weighted by molar-refractivity contribution is 7.13. The van der Waals surface area contributed by atoms with Crippen molar-refractivity contribution in [2.24, 2.45) is 0 Å². The normalized spacial score (nSPS) is 10.5. The average Bonchev–Trinajstić information content (AvgIpc) is 3.01. The van der Waals surface area contributed by atoms with E-state index in [4.69, 9.17) is 0 Å². The Morgan fingerprint density at radius 3 is 2.67 bits per heavy atom. The van der Waals surface area contributed by atoms with Crippen molar-refractivity contribution >= 4 is 17.3 Å². The summed E-state index contributed by atoms with van der Waals surface area (Å²) in [7, 11) is 0. The first-order valence-corrected chi connectivity index (χ1v) is 7.40. The molecular weight excluding hydrogens is 284 g/mol. The number of hydrogen-bond donors (Lipinski definition) is 2. The van der Waals surface area contributed by atoms with Crippen LogP contribution >= 0.6 is 11.3 Å². The molecule has 0 aliphatic rings. The van der Waals surface area contributed by atoms with E-state index in [2.05, 4.69) is 20.5 Å². The fourth-order valence-corrected chi connectivity index (χ4v) is 2.59. The lowest BCUT2D eigenvalue weighted by Crippen LogP contribution is -2.16. The number of aromatic nitrogens is 3. The Hall–Kier alpha value is -2.47. The molecule has 3 aromatic rings. The van der Waals surface area contributed by atoms with Crippen molar-refractivity contribution in [3.63, 3.8) is 0 Å². The number of anilines is 1. The fourth-order valence-electron chi connectivity index (χ4n) is 1.88. The highest BCUT2D eigenvalue weighted by Gasteiger charge is 2.08. The van der Waals surface area contributed by atoms with Crippen LogP contribution in [0.4, 0.5) is 5.95 Å². The highest BCUT2D eigenvalue weighted by atomic mass is 32.1. The first kappa shape index (κ1) is 13.5. The smallest absolute Gasteiger partial charge is 0.279 e. The third-order valence-electron chi connectivity index (χ3n) is 3.03. The summed E-state index contributed by atoms with van der Waals surface area (Å²) in [5.41, 5.74) is 2.45. The molecule has 0 saturated heterocycles. The second kappa shape index (κ2) is 5.88. The first-order valence-electron chi connectivity index (χ1n) is 6.52. The zero-order valence-electron chi connectivity index (χ0n) is 11.5. The van der Waals surface area contributed by atoms with Crippen LogP contribution in [0.15, 0.2) is 46.6 Å². The summed E-state index contributed by atoms with van der Waals surface area (Å²) in [6, 6.07) is 11.9. The molecule has 2 heterocycles. The molecule has 3 rings (SSSR count). The molecule has 0 saturated carbocycles. The molecule has 6 heteroatoms. The maximum atomic E-state index is 12.0. The summed E-state index contributed by atoms with van der Waals surface area (Å²) in [6.07, 6.45) is 0. The Kier molecular flexibility index (Phi) is 3.79. The van der Waals surface area contributed by atoms with Crippen LogP contribution in [0.25, 0.3) is 10.6 Å². The molecule has 0 amide bonds.